The second-order valence-electron chi connectivity index (χ2n) is 5.93. The first-order valence-electron chi connectivity index (χ1n) is 7.84. The summed E-state index contributed by atoms with van der Waals surface area (Å²) in [7, 11) is 2.14. The number of anilines is 1. The second kappa shape index (κ2) is 6.83. The van der Waals surface area contributed by atoms with E-state index in [1.165, 1.54) is 6.26 Å². The third-order valence-corrected chi connectivity index (χ3v) is 4.16. The van der Waals surface area contributed by atoms with E-state index in [4.69, 9.17) is 4.42 Å². The van der Waals surface area contributed by atoms with Crippen molar-refractivity contribution in [2.24, 2.45) is 0 Å². The molecule has 3 rings (SSSR count). The van der Waals surface area contributed by atoms with Crippen LogP contribution in [0.5, 0.6) is 0 Å². The number of furan rings is 1. The summed E-state index contributed by atoms with van der Waals surface area (Å²) in [5.74, 6) is 1.16. The molecule has 6 nitrogen and oxygen atoms in total. The van der Waals surface area contributed by atoms with Crippen LogP contribution >= 0.6 is 0 Å². The van der Waals surface area contributed by atoms with Crippen molar-refractivity contribution in [3.8, 4) is 0 Å². The minimum absolute atomic E-state index is 0.198. The molecule has 0 bridgehead atoms. The van der Waals surface area contributed by atoms with E-state index in [9.17, 15) is 4.79 Å². The molecule has 23 heavy (non-hydrogen) atoms. The maximum atomic E-state index is 12.0. The van der Waals surface area contributed by atoms with E-state index >= 15 is 0 Å². The summed E-state index contributed by atoms with van der Waals surface area (Å²) < 4.78 is 5.18. The number of nitrogens with zero attached hydrogens (tertiary/aromatic N) is 3. The number of aryl methyl sites for hydroxylation is 1. The topological polar surface area (TPSA) is 61.6 Å². The lowest BCUT2D eigenvalue weighted by atomic mass is 10.2. The number of nitrogens with one attached hydrogen (secondary N) is 1. The van der Waals surface area contributed by atoms with Crippen LogP contribution in [0.25, 0.3) is 0 Å². The molecular weight excluding hydrogens is 292 g/mol. The Morgan fingerprint density at radius 1 is 1.26 bits per heavy atom. The highest BCUT2D eigenvalue weighted by Gasteiger charge is 2.15. The molecule has 0 unspecified atom stereocenters. The Balaban J connectivity index is 1.55. The maximum Gasteiger partial charge on any atom is 0.287 e. The third-order valence-electron chi connectivity index (χ3n) is 4.16. The summed E-state index contributed by atoms with van der Waals surface area (Å²) >= 11 is 0. The molecule has 0 atom stereocenters. The maximum absolute atomic E-state index is 12.0. The van der Waals surface area contributed by atoms with Crippen molar-refractivity contribution in [1.82, 2.24) is 15.2 Å². The third kappa shape index (κ3) is 3.71. The number of hydrogen-bond donors (Lipinski definition) is 1. The van der Waals surface area contributed by atoms with E-state index in [1.54, 1.807) is 6.07 Å². The van der Waals surface area contributed by atoms with E-state index in [0.29, 0.717) is 12.3 Å². The molecule has 1 fully saturated rings. The Morgan fingerprint density at radius 3 is 2.65 bits per heavy atom. The highest BCUT2D eigenvalue weighted by Crippen LogP contribution is 2.14. The van der Waals surface area contributed by atoms with Gasteiger partial charge in [-0.2, -0.15) is 0 Å². The van der Waals surface area contributed by atoms with Gasteiger partial charge in [-0.3, -0.25) is 4.79 Å². The standard InChI is InChI=1S/C17H22N4O2/c1-13-5-10-23-16(13)17(22)19-12-14-3-4-15(18-11-14)21-8-6-20(2)7-9-21/h3-5,10-11H,6-9,12H2,1-2H3,(H,19,22). The van der Waals surface area contributed by atoms with E-state index < -0.39 is 0 Å². The van der Waals surface area contributed by atoms with Gasteiger partial charge in [-0.25, -0.2) is 4.98 Å². The zero-order valence-corrected chi connectivity index (χ0v) is 13.6. The first kappa shape index (κ1) is 15.6. The SMILES string of the molecule is Cc1ccoc1C(=O)NCc1ccc(N2CCN(C)CC2)nc1. The largest absolute Gasteiger partial charge is 0.459 e. The first-order chi connectivity index (χ1) is 11.1. The molecule has 0 aliphatic carbocycles. The number of pyridine rings is 1. The summed E-state index contributed by atoms with van der Waals surface area (Å²) in [6, 6.07) is 5.81. The lowest BCUT2D eigenvalue weighted by Gasteiger charge is -2.33. The summed E-state index contributed by atoms with van der Waals surface area (Å²) in [4.78, 5) is 21.1. The van der Waals surface area contributed by atoms with Crippen LogP contribution in [0.15, 0.2) is 35.1 Å². The summed E-state index contributed by atoms with van der Waals surface area (Å²) in [6.45, 7) is 6.40. The minimum Gasteiger partial charge on any atom is -0.459 e. The molecule has 0 saturated carbocycles. The van der Waals surface area contributed by atoms with Gasteiger partial charge in [0, 0.05) is 44.5 Å². The smallest absolute Gasteiger partial charge is 0.287 e. The van der Waals surface area contributed by atoms with Crippen LogP contribution in [-0.2, 0) is 6.54 Å². The zero-order chi connectivity index (χ0) is 16.2. The molecule has 1 saturated heterocycles. The van der Waals surface area contributed by atoms with Crippen LogP contribution in [0.4, 0.5) is 5.82 Å². The van der Waals surface area contributed by atoms with Crippen LogP contribution in [0.3, 0.4) is 0 Å². The predicted molar refractivity (Wildman–Crippen MR) is 88.6 cm³/mol. The predicted octanol–water partition coefficient (Wildman–Crippen LogP) is 1.66. The van der Waals surface area contributed by atoms with Gasteiger partial charge < -0.3 is 19.5 Å². The van der Waals surface area contributed by atoms with Gasteiger partial charge in [0.25, 0.3) is 5.91 Å². The van der Waals surface area contributed by atoms with E-state index in [1.807, 2.05) is 25.3 Å². The molecule has 0 spiro atoms. The lowest BCUT2D eigenvalue weighted by Crippen LogP contribution is -2.44. The van der Waals surface area contributed by atoms with E-state index in [-0.39, 0.29) is 5.91 Å². The van der Waals surface area contributed by atoms with E-state index in [0.717, 1.165) is 43.1 Å². The Hall–Kier alpha value is -2.34. The van der Waals surface area contributed by atoms with Crippen LogP contribution in [-0.4, -0.2) is 49.0 Å². The molecule has 0 aromatic carbocycles. The van der Waals surface area contributed by atoms with Crippen molar-refractivity contribution in [2.45, 2.75) is 13.5 Å². The van der Waals surface area contributed by atoms with Crippen LogP contribution in [0.1, 0.15) is 21.7 Å². The van der Waals surface area contributed by atoms with Crippen molar-refractivity contribution in [3.05, 3.63) is 47.5 Å². The molecule has 2 aromatic heterocycles. The molecule has 1 amide bonds. The van der Waals surface area contributed by atoms with Crippen LogP contribution in [0, 0.1) is 6.92 Å². The van der Waals surface area contributed by atoms with Crippen molar-refractivity contribution in [3.63, 3.8) is 0 Å². The average molecular weight is 314 g/mol. The van der Waals surface area contributed by atoms with Crippen LogP contribution in [0.2, 0.25) is 0 Å². The molecule has 1 aliphatic rings. The fourth-order valence-electron chi connectivity index (χ4n) is 2.61. The second-order valence-corrected chi connectivity index (χ2v) is 5.93. The van der Waals surface area contributed by atoms with Crippen molar-refractivity contribution >= 4 is 11.7 Å². The normalized spacial score (nSPS) is 15.7. The van der Waals surface area contributed by atoms with Gasteiger partial charge in [0.2, 0.25) is 0 Å². The Morgan fingerprint density at radius 2 is 2.04 bits per heavy atom. The monoisotopic (exact) mass is 314 g/mol. The molecule has 6 heteroatoms. The first-order valence-corrected chi connectivity index (χ1v) is 7.84. The molecular formula is C17H22N4O2. The van der Waals surface area contributed by atoms with Crippen molar-refractivity contribution < 1.29 is 9.21 Å². The number of rotatable bonds is 4. The quantitative estimate of drug-likeness (QED) is 0.930. The summed E-state index contributed by atoms with van der Waals surface area (Å²) in [6.07, 6.45) is 3.35. The molecule has 1 aliphatic heterocycles. The molecule has 3 heterocycles. The molecule has 2 aromatic rings. The Bertz CT molecular complexity index is 657. The van der Waals surface area contributed by atoms with Crippen molar-refractivity contribution in [2.75, 3.05) is 38.1 Å². The molecule has 0 radical (unpaired) electrons. The molecule has 1 N–H and O–H groups in total. The van der Waals surface area contributed by atoms with Gasteiger partial charge in [0.1, 0.15) is 5.82 Å². The number of aromatic nitrogens is 1. The number of likely N-dealkylation sites (N-methyl/N-ethyl adjacent to an activating group) is 1. The van der Waals surface area contributed by atoms with Gasteiger partial charge in [-0.05, 0) is 31.7 Å². The Kier molecular flexibility index (Phi) is 4.62. The number of carbonyl (C=O) groups excluding carboxylic acids is 1. The summed E-state index contributed by atoms with van der Waals surface area (Å²) in [5.41, 5.74) is 1.81. The van der Waals surface area contributed by atoms with Gasteiger partial charge in [0.05, 0.1) is 6.26 Å². The average Bonchev–Trinajstić information content (AvgIpc) is 3.00. The zero-order valence-electron chi connectivity index (χ0n) is 13.6. The van der Waals surface area contributed by atoms with Crippen LogP contribution < -0.4 is 10.2 Å². The van der Waals surface area contributed by atoms with Gasteiger partial charge in [-0.15, -0.1) is 0 Å². The molecule has 122 valence electrons. The number of hydrogen-bond acceptors (Lipinski definition) is 5. The number of piperazine rings is 1. The Labute approximate surface area is 136 Å². The lowest BCUT2D eigenvalue weighted by molar-refractivity contribution is 0.0922. The number of amides is 1. The fourth-order valence-corrected chi connectivity index (χ4v) is 2.61. The highest BCUT2D eigenvalue weighted by atomic mass is 16.3. The van der Waals surface area contributed by atoms with Crippen molar-refractivity contribution in [1.29, 1.82) is 0 Å². The summed E-state index contributed by atoms with van der Waals surface area (Å²) in [5, 5.41) is 2.85. The minimum atomic E-state index is -0.198. The van der Waals surface area contributed by atoms with E-state index in [2.05, 4.69) is 27.1 Å². The fraction of sp³-hybridized carbons (Fsp3) is 0.412. The van der Waals surface area contributed by atoms with Gasteiger partial charge in [0.15, 0.2) is 5.76 Å². The van der Waals surface area contributed by atoms with Gasteiger partial charge in [-0.1, -0.05) is 6.07 Å². The van der Waals surface area contributed by atoms with Gasteiger partial charge >= 0.3 is 0 Å². The highest BCUT2D eigenvalue weighted by molar-refractivity contribution is 5.92. The number of carbonyl (C=O) groups is 1.